The number of halogens is 1. The number of hydrogen-bond donors (Lipinski definition) is 2. The Morgan fingerprint density at radius 3 is 2.45 bits per heavy atom. The number of carbonyl (C=O) groups is 2. The summed E-state index contributed by atoms with van der Waals surface area (Å²) < 4.78 is 0. The van der Waals surface area contributed by atoms with E-state index in [9.17, 15) is 9.59 Å². The molecule has 1 aliphatic rings. The molecule has 0 atom stereocenters. The van der Waals surface area contributed by atoms with Crippen molar-refractivity contribution in [2.45, 2.75) is 19.3 Å². The Labute approximate surface area is 189 Å². The third kappa shape index (κ3) is 5.00. The van der Waals surface area contributed by atoms with Crippen molar-refractivity contribution >= 4 is 46.3 Å². The highest BCUT2D eigenvalue weighted by Gasteiger charge is 2.19. The number of thiophene rings is 1. The maximum atomic E-state index is 12.8. The van der Waals surface area contributed by atoms with Gasteiger partial charge in [0.25, 0.3) is 5.91 Å². The number of amidine groups is 1. The van der Waals surface area contributed by atoms with E-state index in [4.69, 9.17) is 17.0 Å². The minimum Gasteiger partial charge on any atom is -0.357 e. The highest BCUT2D eigenvalue weighted by atomic mass is 35.5. The number of rotatable bonds is 6. The molecule has 2 N–H and O–H groups in total. The van der Waals surface area contributed by atoms with Crippen LogP contribution in [0.5, 0.6) is 0 Å². The van der Waals surface area contributed by atoms with Crippen molar-refractivity contribution in [3.8, 4) is 0 Å². The SMILES string of the molecule is N=C(c1ccc(C(=O)Cc2ccsc2C(=O)Nc2ccc(Cl)cn2)cc1)N1CCCC1. The van der Waals surface area contributed by atoms with E-state index in [2.05, 4.69) is 15.2 Å². The summed E-state index contributed by atoms with van der Waals surface area (Å²) in [6.45, 7) is 1.82. The lowest BCUT2D eigenvalue weighted by Crippen LogP contribution is -2.27. The molecule has 0 spiro atoms. The van der Waals surface area contributed by atoms with E-state index < -0.39 is 0 Å². The number of hydrogen-bond acceptors (Lipinski definition) is 5. The molecule has 1 aliphatic heterocycles. The van der Waals surface area contributed by atoms with Gasteiger partial charge < -0.3 is 10.2 Å². The number of Topliss-reactive ketones (excluding diaryl/α,β-unsaturated/α-hetero) is 1. The van der Waals surface area contributed by atoms with Crippen molar-refractivity contribution in [3.63, 3.8) is 0 Å². The van der Waals surface area contributed by atoms with Crippen LogP contribution in [0.2, 0.25) is 5.02 Å². The fourth-order valence-electron chi connectivity index (χ4n) is 3.51. The van der Waals surface area contributed by atoms with Gasteiger partial charge in [0, 0.05) is 36.8 Å². The van der Waals surface area contributed by atoms with Gasteiger partial charge in [-0.05, 0) is 42.0 Å². The maximum Gasteiger partial charge on any atom is 0.267 e. The fourth-order valence-corrected chi connectivity index (χ4v) is 4.44. The third-order valence-electron chi connectivity index (χ3n) is 5.18. The molecule has 8 heteroatoms. The van der Waals surface area contributed by atoms with Gasteiger partial charge in [-0.15, -0.1) is 11.3 Å². The molecule has 3 heterocycles. The van der Waals surface area contributed by atoms with Crippen molar-refractivity contribution in [2.24, 2.45) is 0 Å². The standard InChI is InChI=1S/C23H21ClN4O2S/c24-18-7-8-20(26-14-18)27-23(30)21-17(9-12-31-21)13-19(29)15-3-5-16(6-4-15)22(25)28-10-1-2-11-28/h3-9,12,14,25H,1-2,10-11,13H2,(H,26,27,30). The summed E-state index contributed by atoms with van der Waals surface area (Å²) in [5.41, 5.74) is 2.05. The molecule has 0 unspecified atom stereocenters. The van der Waals surface area contributed by atoms with Gasteiger partial charge in [-0.2, -0.15) is 0 Å². The molecule has 0 saturated carbocycles. The molecule has 6 nitrogen and oxygen atoms in total. The van der Waals surface area contributed by atoms with E-state index >= 15 is 0 Å². The average Bonchev–Trinajstić information content (AvgIpc) is 3.47. The Morgan fingerprint density at radius 1 is 1.06 bits per heavy atom. The van der Waals surface area contributed by atoms with Crippen LogP contribution >= 0.6 is 22.9 Å². The first-order valence-electron chi connectivity index (χ1n) is 9.97. The Kier molecular flexibility index (Phi) is 6.44. The number of ketones is 1. The minimum absolute atomic E-state index is 0.0729. The number of anilines is 1. The lowest BCUT2D eigenvalue weighted by Gasteiger charge is -2.18. The number of likely N-dealkylation sites (tertiary alicyclic amines) is 1. The molecule has 4 rings (SSSR count). The Balaban J connectivity index is 1.42. The number of benzene rings is 1. The minimum atomic E-state index is -0.304. The van der Waals surface area contributed by atoms with E-state index in [0.717, 1.165) is 31.5 Å². The molecule has 1 saturated heterocycles. The van der Waals surface area contributed by atoms with Crippen molar-refractivity contribution in [2.75, 3.05) is 18.4 Å². The number of amides is 1. The van der Waals surface area contributed by atoms with Crippen molar-refractivity contribution in [1.29, 1.82) is 5.41 Å². The summed E-state index contributed by atoms with van der Waals surface area (Å²) in [4.78, 5) is 32.0. The fraction of sp³-hybridized carbons (Fsp3) is 0.217. The van der Waals surface area contributed by atoms with Gasteiger partial charge in [0.1, 0.15) is 11.7 Å². The molecule has 1 amide bonds. The van der Waals surface area contributed by atoms with Crippen molar-refractivity contribution < 1.29 is 9.59 Å². The number of pyridine rings is 1. The van der Waals surface area contributed by atoms with Crippen molar-refractivity contribution in [3.05, 3.63) is 80.6 Å². The summed E-state index contributed by atoms with van der Waals surface area (Å²) in [5, 5.41) is 13.3. The van der Waals surface area contributed by atoms with Gasteiger partial charge >= 0.3 is 0 Å². The van der Waals surface area contributed by atoms with Gasteiger partial charge in [0.05, 0.1) is 9.90 Å². The maximum absolute atomic E-state index is 12.8. The second-order valence-corrected chi connectivity index (χ2v) is 8.66. The van der Waals surface area contributed by atoms with Gasteiger partial charge in [-0.25, -0.2) is 4.98 Å². The van der Waals surface area contributed by atoms with Crippen LogP contribution in [0, 0.1) is 5.41 Å². The topological polar surface area (TPSA) is 86.1 Å². The van der Waals surface area contributed by atoms with Crippen LogP contribution in [0.3, 0.4) is 0 Å². The van der Waals surface area contributed by atoms with E-state index in [1.807, 2.05) is 12.1 Å². The highest BCUT2D eigenvalue weighted by Crippen LogP contribution is 2.21. The van der Waals surface area contributed by atoms with Crippen LogP contribution in [0.4, 0.5) is 5.82 Å². The van der Waals surface area contributed by atoms with E-state index in [0.29, 0.717) is 32.7 Å². The van der Waals surface area contributed by atoms with E-state index in [1.54, 1.807) is 35.7 Å². The number of nitrogens with zero attached hydrogens (tertiary/aromatic N) is 2. The van der Waals surface area contributed by atoms with E-state index in [-0.39, 0.29) is 18.1 Å². The van der Waals surface area contributed by atoms with Gasteiger partial charge in [0.15, 0.2) is 5.78 Å². The zero-order chi connectivity index (χ0) is 21.8. The summed E-state index contributed by atoms with van der Waals surface area (Å²) in [7, 11) is 0. The molecular formula is C23H21ClN4O2S. The normalized spacial score (nSPS) is 13.3. The van der Waals surface area contributed by atoms with Crippen LogP contribution in [0.25, 0.3) is 0 Å². The smallest absolute Gasteiger partial charge is 0.267 e. The first-order valence-corrected chi connectivity index (χ1v) is 11.2. The predicted octanol–water partition coefficient (Wildman–Crippen LogP) is 4.90. The summed E-state index contributed by atoms with van der Waals surface area (Å²) >= 11 is 7.11. The molecule has 0 bridgehead atoms. The summed E-state index contributed by atoms with van der Waals surface area (Å²) in [6.07, 6.45) is 3.82. The summed E-state index contributed by atoms with van der Waals surface area (Å²) in [5.74, 6) is 0.526. The molecule has 0 aliphatic carbocycles. The van der Waals surface area contributed by atoms with Crippen LogP contribution in [0.15, 0.2) is 54.0 Å². The first-order chi connectivity index (χ1) is 15.0. The molecule has 1 aromatic carbocycles. The zero-order valence-electron chi connectivity index (χ0n) is 16.7. The molecule has 1 fully saturated rings. The molecule has 0 radical (unpaired) electrons. The Morgan fingerprint density at radius 2 is 1.77 bits per heavy atom. The Hall–Kier alpha value is -3.03. The third-order valence-corrected chi connectivity index (χ3v) is 6.35. The quantitative estimate of drug-likeness (QED) is 0.316. The van der Waals surface area contributed by atoms with Crippen LogP contribution in [-0.4, -0.2) is 40.5 Å². The molecule has 158 valence electrons. The first kappa shape index (κ1) is 21.2. The van der Waals surface area contributed by atoms with E-state index in [1.165, 1.54) is 17.5 Å². The molecule has 3 aromatic rings. The Bertz CT molecular complexity index is 1100. The molecule has 2 aromatic heterocycles. The highest BCUT2D eigenvalue weighted by molar-refractivity contribution is 7.12. The number of aromatic nitrogens is 1. The van der Waals surface area contributed by atoms with Crippen molar-refractivity contribution in [1.82, 2.24) is 9.88 Å². The lowest BCUT2D eigenvalue weighted by atomic mass is 10.0. The van der Waals surface area contributed by atoms with Crippen LogP contribution in [-0.2, 0) is 6.42 Å². The number of carbonyl (C=O) groups excluding carboxylic acids is 2. The molecular weight excluding hydrogens is 432 g/mol. The second kappa shape index (κ2) is 9.41. The second-order valence-electron chi connectivity index (χ2n) is 7.31. The van der Waals surface area contributed by atoms with Crippen LogP contribution in [0.1, 0.15) is 44.0 Å². The van der Waals surface area contributed by atoms with Gasteiger partial charge in [0.2, 0.25) is 0 Å². The van der Waals surface area contributed by atoms with Gasteiger partial charge in [-0.1, -0.05) is 35.9 Å². The largest absolute Gasteiger partial charge is 0.357 e. The molecule has 31 heavy (non-hydrogen) atoms. The monoisotopic (exact) mass is 452 g/mol. The van der Waals surface area contributed by atoms with Gasteiger partial charge in [-0.3, -0.25) is 15.0 Å². The zero-order valence-corrected chi connectivity index (χ0v) is 18.3. The number of nitrogens with one attached hydrogen (secondary N) is 2. The van der Waals surface area contributed by atoms with Crippen LogP contribution < -0.4 is 5.32 Å². The summed E-state index contributed by atoms with van der Waals surface area (Å²) in [6, 6.07) is 12.2. The predicted molar refractivity (Wildman–Crippen MR) is 124 cm³/mol. The average molecular weight is 453 g/mol. The lowest BCUT2D eigenvalue weighted by molar-refractivity contribution is 0.0993.